The first-order valence-electron chi connectivity index (χ1n) is 6.66. The molecule has 5 nitrogen and oxygen atoms in total. The molecule has 0 radical (unpaired) electrons. The number of likely N-dealkylation sites (tertiary alicyclic amines) is 1. The van der Waals surface area contributed by atoms with Crippen molar-refractivity contribution in [2.24, 2.45) is 5.92 Å². The third kappa shape index (κ3) is 3.44. The number of rotatable bonds is 4. The number of hydrogen-bond acceptors (Lipinski definition) is 4. The molecule has 0 spiro atoms. The van der Waals surface area contributed by atoms with Gasteiger partial charge in [-0.2, -0.15) is 0 Å². The average molecular weight is 263 g/mol. The van der Waals surface area contributed by atoms with E-state index in [0.717, 1.165) is 38.4 Å². The summed E-state index contributed by atoms with van der Waals surface area (Å²) in [5, 5.41) is 2.94. The highest BCUT2D eigenvalue weighted by atomic mass is 16.5. The fraction of sp³-hybridized carbons (Fsp3) is 0.571. The summed E-state index contributed by atoms with van der Waals surface area (Å²) in [5.41, 5.74) is 0.650. The minimum atomic E-state index is 0.0657. The third-order valence-corrected chi connectivity index (χ3v) is 3.48. The van der Waals surface area contributed by atoms with Crippen LogP contribution in [0.3, 0.4) is 0 Å². The Bertz CT molecular complexity index is 417. The molecule has 104 valence electrons. The molecule has 1 atom stereocenters. The van der Waals surface area contributed by atoms with Gasteiger partial charge in [-0.15, -0.1) is 0 Å². The molecule has 0 bridgehead atoms. The predicted molar refractivity (Wildman–Crippen MR) is 74.3 cm³/mol. The first kappa shape index (κ1) is 13.8. The van der Waals surface area contributed by atoms with Crippen molar-refractivity contribution >= 4 is 11.7 Å². The van der Waals surface area contributed by atoms with E-state index in [2.05, 4.69) is 10.3 Å². The van der Waals surface area contributed by atoms with Crippen molar-refractivity contribution < 1.29 is 9.53 Å². The number of piperidine rings is 1. The summed E-state index contributed by atoms with van der Waals surface area (Å²) in [6.45, 7) is 2.33. The van der Waals surface area contributed by atoms with Crippen LogP contribution in [0.4, 0.5) is 5.82 Å². The van der Waals surface area contributed by atoms with Gasteiger partial charge < -0.3 is 15.0 Å². The van der Waals surface area contributed by atoms with Crippen LogP contribution in [0.1, 0.15) is 23.2 Å². The van der Waals surface area contributed by atoms with E-state index in [1.165, 1.54) is 0 Å². The first-order valence-corrected chi connectivity index (χ1v) is 6.66. The molecule has 1 aliphatic heterocycles. The van der Waals surface area contributed by atoms with E-state index in [1.54, 1.807) is 13.3 Å². The number of aromatic nitrogens is 1. The monoisotopic (exact) mass is 263 g/mol. The lowest BCUT2D eigenvalue weighted by atomic mass is 9.98. The second-order valence-corrected chi connectivity index (χ2v) is 4.90. The fourth-order valence-electron chi connectivity index (χ4n) is 2.47. The summed E-state index contributed by atoms with van der Waals surface area (Å²) in [6, 6.07) is 3.64. The van der Waals surface area contributed by atoms with Crippen molar-refractivity contribution in [3.63, 3.8) is 0 Å². The molecule has 19 heavy (non-hydrogen) atoms. The van der Waals surface area contributed by atoms with Gasteiger partial charge in [0.15, 0.2) is 0 Å². The molecule has 1 N–H and O–H groups in total. The van der Waals surface area contributed by atoms with E-state index in [9.17, 15) is 4.79 Å². The van der Waals surface area contributed by atoms with E-state index < -0.39 is 0 Å². The molecular weight excluding hydrogens is 242 g/mol. The lowest BCUT2D eigenvalue weighted by Gasteiger charge is -2.32. The topological polar surface area (TPSA) is 54.5 Å². The van der Waals surface area contributed by atoms with Gasteiger partial charge in [-0.25, -0.2) is 4.98 Å². The van der Waals surface area contributed by atoms with Gasteiger partial charge in [0.2, 0.25) is 0 Å². The number of carbonyl (C=O) groups excluding carboxylic acids is 1. The number of nitrogens with zero attached hydrogens (tertiary/aromatic N) is 2. The molecule has 1 aliphatic rings. The quantitative estimate of drug-likeness (QED) is 0.897. The van der Waals surface area contributed by atoms with E-state index in [1.807, 2.05) is 24.1 Å². The molecular formula is C14H21N3O2. The van der Waals surface area contributed by atoms with Crippen LogP contribution in [0.25, 0.3) is 0 Å². The Kier molecular flexibility index (Phi) is 4.74. The standard InChI is InChI=1S/C14H21N3O2/c1-15-13-6-5-12(8-16-13)14(18)17-7-3-4-11(9-17)10-19-2/h5-6,8,11H,3-4,7,9-10H2,1-2H3,(H,15,16). The van der Waals surface area contributed by atoms with Gasteiger partial charge in [0.05, 0.1) is 12.2 Å². The number of nitrogens with one attached hydrogen (secondary N) is 1. The van der Waals surface area contributed by atoms with Crippen LogP contribution in [-0.4, -0.2) is 49.6 Å². The van der Waals surface area contributed by atoms with Crippen LogP contribution in [0.15, 0.2) is 18.3 Å². The molecule has 2 rings (SSSR count). The summed E-state index contributed by atoms with van der Waals surface area (Å²) >= 11 is 0. The summed E-state index contributed by atoms with van der Waals surface area (Å²) in [6.07, 6.45) is 3.81. The van der Waals surface area contributed by atoms with Gasteiger partial charge >= 0.3 is 0 Å². The van der Waals surface area contributed by atoms with Crippen molar-refractivity contribution in [1.82, 2.24) is 9.88 Å². The van der Waals surface area contributed by atoms with Crippen LogP contribution < -0.4 is 5.32 Å². The summed E-state index contributed by atoms with van der Waals surface area (Å²) in [4.78, 5) is 18.5. The molecule has 1 amide bonds. The normalized spacial score (nSPS) is 19.3. The summed E-state index contributed by atoms with van der Waals surface area (Å²) in [5.74, 6) is 1.29. The van der Waals surface area contributed by atoms with Gasteiger partial charge in [0, 0.05) is 33.4 Å². The maximum atomic E-state index is 12.4. The zero-order chi connectivity index (χ0) is 13.7. The summed E-state index contributed by atoms with van der Waals surface area (Å²) in [7, 11) is 3.52. The van der Waals surface area contributed by atoms with Gasteiger partial charge in [0.25, 0.3) is 5.91 Å². The third-order valence-electron chi connectivity index (χ3n) is 3.48. The number of carbonyl (C=O) groups is 1. The van der Waals surface area contributed by atoms with Gasteiger partial charge in [-0.05, 0) is 30.9 Å². The number of ether oxygens (including phenoxy) is 1. The Morgan fingerprint density at radius 1 is 1.58 bits per heavy atom. The zero-order valence-electron chi connectivity index (χ0n) is 11.6. The molecule has 1 fully saturated rings. The van der Waals surface area contributed by atoms with Crippen molar-refractivity contribution in [1.29, 1.82) is 0 Å². The van der Waals surface area contributed by atoms with E-state index in [-0.39, 0.29) is 5.91 Å². The smallest absolute Gasteiger partial charge is 0.255 e. The zero-order valence-corrected chi connectivity index (χ0v) is 11.6. The number of pyridine rings is 1. The molecule has 0 aliphatic carbocycles. The van der Waals surface area contributed by atoms with E-state index >= 15 is 0 Å². The molecule has 2 heterocycles. The molecule has 1 unspecified atom stereocenters. The van der Waals surface area contributed by atoms with Gasteiger partial charge in [-0.1, -0.05) is 0 Å². The number of hydrogen-bond donors (Lipinski definition) is 1. The Morgan fingerprint density at radius 2 is 2.42 bits per heavy atom. The van der Waals surface area contributed by atoms with Gasteiger partial charge in [-0.3, -0.25) is 4.79 Å². The first-order chi connectivity index (χ1) is 9.24. The van der Waals surface area contributed by atoms with Crippen molar-refractivity contribution in [3.8, 4) is 0 Å². The maximum absolute atomic E-state index is 12.4. The number of amides is 1. The molecule has 1 saturated heterocycles. The highest BCUT2D eigenvalue weighted by Crippen LogP contribution is 2.19. The van der Waals surface area contributed by atoms with Crippen LogP contribution in [0.5, 0.6) is 0 Å². The molecule has 0 aromatic carbocycles. The van der Waals surface area contributed by atoms with Crippen LogP contribution in [-0.2, 0) is 4.74 Å². The second kappa shape index (κ2) is 6.52. The van der Waals surface area contributed by atoms with Crippen LogP contribution in [0.2, 0.25) is 0 Å². The van der Waals surface area contributed by atoms with E-state index in [0.29, 0.717) is 11.5 Å². The molecule has 1 aromatic rings. The molecule has 5 heteroatoms. The van der Waals surface area contributed by atoms with E-state index in [4.69, 9.17) is 4.74 Å². The lowest BCUT2D eigenvalue weighted by Crippen LogP contribution is -2.41. The number of anilines is 1. The Hall–Kier alpha value is -1.62. The highest BCUT2D eigenvalue weighted by Gasteiger charge is 2.24. The minimum Gasteiger partial charge on any atom is -0.384 e. The van der Waals surface area contributed by atoms with Crippen molar-refractivity contribution in [2.75, 3.05) is 39.2 Å². The second-order valence-electron chi connectivity index (χ2n) is 4.90. The fourth-order valence-corrected chi connectivity index (χ4v) is 2.47. The average Bonchev–Trinajstić information content (AvgIpc) is 2.47. The maximum Gasteiger partial charge on any atom is 0.255 e. The highest BCUT2D eigenvalue weighted by molar-refractivity contribution is 5.94. The Morgan fingerprint density at radius 3 is 3.05 bits per heavy atom. The van der Waals surface area contributed by atoms with Gasteiger partial charge in [0.1, 0.15) is 5.82 Å². The Labute approximate surface area is 114 Å². The van der Waals surface area contributed by atoms with Crippen molar-refractivity contribution in [2.45, 2.75) is 12.8 Å². The molecule has 0 saturated carbocycles. The number of methoxy groups -OCH3 is 1. The predicted octanol–water partition coefficient (Wildman–Crippen LogP) is 1.62. The van der Waals surface area contributed by atoms with Crippen LogP contribution in [0, 0.1) is 5.92 Å². The lowest BCUT2D eigenvalue weighted by molar-refractivity contribution is 0.0570. The summed E-state index contributed by atoms with van der Waals surface area (Å²) < 4.78 is 5.19. The Balaban J connectivity index is 2.01. The largest absolute Gasteiger partial charge is 0.384 e. The molecule has 1 aromatic heterocycles. The van der Waals surface area contributed by atoms with Crippen molar-refractivity contribution in [3.05, 3.63) is 23.9 Å². The van der Waals surface area contributed by atoms with Crippen LogP contribution >= 0.6 is 0 Å². The minimum absolute atomic E-state index is 0.0657. The SMILES string of the molecule is CNc1ccc(C(=O)N2CCCC(COC)C2)cn1.